The zero-order valence-corrected chi connectivity index (χ0v) is 45.2. The van der Waals surface area contributed by atoms with E-state index in [9.17, 15) is 24.3 Å². The van der Waals surface area contributed by atoms with E-state index in [-0.39, 0.29) is 66.7 Å². The van der Waals surface area contributed by atoms with Crippen LogP contribution >= 0.6 is 11.3 Å². The molecule has 0 aliphatic carbocycles. The molecule has 0 spiro atoms. The number of nitrogens with zero attached hydrogens (tertiary/aromatic N) is 4. The summed E-state index contributed by atoms with van der Waals surface area (Å²) >= 11 is 1.58. The molecule has 398 valence electrons. The third-order valence-corrected chi connectivity index (χ3v) is 15.4. The highest BCUT2D eigenvalue weighted by molar-refractivity contribution is 7.13. The second kappa shape index (κ2) is 24.7. The molecular formula is C58H71N7O9S. The normalized spacial score (nSPS) is 16.7. The summed E-state index contributed by atoms with van der Waals surface area (Å²) in [5.41, 5.74) is 11.0. The maximum Gasteiger partial charge on any atom is 0.254 e. The standard InChI is InChI=1S/C58H71N7O9S/c1-9-64(44-20-24-71-25-21-44)49-28-43(27-47(37(49)6)55(67)59-31-48-35(4)26-36(5)61-56(48)68)41-16-18-46(19-17-41)72-22-10-11-23-73-52-30-51(74-63-52)53(34(2)3)58(70)65-32-45(66)29-50(65)57(69)62-38(7)40-12-14-42(15-13-40)54-39(8)60-33-75-54/h12-19,26-28,30,33-34,38,44-45,50,53,66H,9-11,20-25,29,31-32H2,1-8H3,(H,59,67)(H,61,68)(H,62,69)/t38?,45-,50+,53?/m1/s1. The van der Waals surface area contributed by atoms with Crippen molar-refractivity contribution < 1.29 is 38.2 Å². The molecular weight excluding hydrogens is 971 g/mol. The lowest BCUT2D eigenvalue weighted by Crippen LogP contribution is -2.48. The number of carbonyl (C=O) groups excluding carboxylic acids is 3. The smallest absolute Gasteiger partial charge is 0.254 e. The molecule has 2 fully saturated rings. The summed E-state index contributed by atoms with van der Waals surface area (Å²) in [5.74, 6) is -0.554. The van der Waals surface area contributed by atoms with Gasteiger partial charge in [-0.25, -0.2) is 4.98 Å². The molecule has 2 aliphatic rings. The minimum absolute atomic E-state index is 0.0335. The number of unbranched alkanes of at least 4 members (excludes halogenated alkanes) is 1. The number of anilines is 1. The third-order valence-electron chi connectivity index (χ3n) is 14.5. The number of ether oxygens (including phenoxy) is 3. The number of pyridine rings is 1. The molecule has 4 N–H and O–H groups in total. The number of aromatic nitrogens is 3. The van der Waals surface area contributed by atoms with Gasteiger partial charge in [0.25, 0.3) is 17.3 Å². The first kappa shape index (κ1) is 54.4. The lowest BCUT2D eigenvalue weighted by Gasteiger charge is -2.37. The van der Waals surface area contributed by atoms with E-state index in [0.717, 1.165) is 74.7 Å². The van der Waals surface area contributed by atoms with Crippen molar-refractivity contribution in [2.75, 3.05) is 44.4 Å². The minimum Gasteiger partial charge on any atom is -0.494 e. The number of benzene rings is 3. The first-order valence-corrected chi connectivity index (χ1v) is 27.1. The quantitative estimate of drug-likeness (QED) is 0.0499. The van der Waals surface area contributed by atoms with Gasteiger partial charge in [-0.3, -0.25) is 19.2 Å². The van der Waals surface area contributed by atoms with Crippen LogP contribution in [0.15, 0.2) is 87.6 Å². The Morgan fingerprint density at radius 3 is 2.29 bits per heavy atom. The van der Waals surface area contributed by atoms with Gasteiger partial charge in [-0.1, -0.05) is 50.2 Å². The summed E-state index contributed by atoms with van der Waals surface area (Å²) in [6.07, 6.45) is 2.45. The second-order valence-corrected chi connectivity index (χ2v) is 21.0. The number of carbonyl (C=O) groups is 3. The van der Waals surface area contributed by atoms with E-state index in [4.69, 9.17) is 18.7 Å². The molecule has 4 atom stereocenters. The highest BCUT2D eigenvalue weighted by Gasteiger charge is 2.43. The predicted octanol–water partition coefficient (Wildman–Crippen LogP) is 9.14. The van der Waals surface area contributed by atoms with E-state index in [0.29, 0.717) is 61.9 Å². The Labute approximate surface area is 443 Å². The van der Waals surface area contributed by atoms with E-state index >= 15 is 0 Å². The van der Waals surface area contributed by atoms with Crippen molar-refractivity contribution >= 4 is 34.7 Å². The SMILES string of the molecule is CCN(c1cc(-c2ccc(OCCCCOc3cc(C(C(=O)N4C[C@H](O)C[C@H]4C(=O)NC(C)c4ccc(-c5scnc5C)cc4)C(C)C)on3)cc2)cc(C(=O)NCc2c(C)cc(C)[nH]c2=O)c1C)C1CCOCC1. The second-order valence-electron chi connectivity index (χ2n) is 20.2. The molecule has 2 saturated heterocycles. The van der Waals surface area contributed by atoms with Crippen molar-refractivity contribution in [1.29, 1.82) is 0 Å². The summed E-state index contributed by atoms with van der Waals surface area (Å²) in [6.45, 7) is 18.6. The van der Waals surface area contributed by atoms with Crippen LogP contribution in [0.3, 0.4) is 0 Å². The molecule has 0 saturated carbocycles. The van der Waals surface area contributed by atoms with Gasteiger partial charge in [0.15, 0.2) is 5.76 Å². The fourth-order valence-electron chi connectivity index (χ4n) is 10.3. The monoisotopic (exact) mass is 1040 g/mol. The molecule has 0 radical (unpaired) electrons. The summed E-state index contributed by atoms with van der Waals surface area (Å²) in [6, 6.07) is 22.6. The fraction of sp³-hybridized carbons (Fsp3) is 0.448. The van der Waals surface area contributed by atoms with E-state index in [2.05, 4.69) is 43.6 Å². The van der Waals surface area contributed by atoms with Crippen LogP contribution in [-0.4, -0.2) is 101 Å². The van der Waals surface area contributed by atoms with Crippen molar-refractivity contribution in [3.05, 3.63) is 134 Å². The van der Waals surface area contributed by atoms with Crippen molar-refractivity contribution in [2.24, 2.45) is 5.92 Å². The van der Waals surface area contributed by atoms with Crippen LogP contribution < -0.4 is 30.6 Å². The zero-order valence-electron chi connectivity index (χ0n) is 44.4. The van der Waals surface area contributed by atoms with Crippen LogP contribution in [0.5, 0.6) is 11.6 Å². The number of hydrogen-bond acceptors (Lipinski definition) is 13. The molecule has 8 rings (SSSR count). The Hall–Kier alpha value is -6.82. The van der Waals surface area contributed by atoms with Crippen molar-refractivity contribution in [3.63, 3.8) is 0 Å². The van der Waals surface area contributed by atoms with Crippen LogP contribution in [0.2, 0.25) is 0 Å². The number of nitrogens with one attached hydrogen (secondary N) is 3. The number of aryl methyl sites for hydroxylation is 3. The Kier molecular flexibility index (Phi) is 17.9. The number of hydrogen-bond donors (Lipinski definition) is 4. The van der Waals surface area contributed by atoms with Crippen LogP contribution in [0.1, 0.15) is 122 Å². The third kappa shape index (κ3) is 13.0. The van der Waals surface area contributed by atoms with Crippen LogP contribution in [0.4, 0.5) is 5.69 Å². The number of amides is 3. The van der Waals surface area contributed by atoms with Crippen LogP contribution in [0, 0.1) is 33.6 Å². The van der Waals surface area contributed by atoms with E-state index in [1.807, 2.05) is 115 Å². The van der Waals surface area contributed by atoms with Gasteiger partial charge in [0, 0.05) is 73.9 Å². The molecule has 0 bridgehead atoms. The number of β-amino-alcohol motifs (C(OH)–C–C–N with tert-alkyl or cyclic N) is 1. The van der Waals surface area contributed by atoms with Crippen molar-refractivity contribution in [3.8, 4) is 33.2 Å². The Morgan fingerprint density at radius 1 is 0.920 bits per heavy atom. The fourth-order valence-corrected chi connectivity index (χ4v) is 11.1. The molecule has 75 heavy (non-hydrogen) atoms. The van der Waals surface area contributed by atoms with Gasteiger partial charge in [-0.2, -0.15) is 0 Å². The van der Waals surface area contributed by atoms with Gasteiger partial charge in [0.1, 0.15) is 17.7 Å². The zero-order chi connectivity index (χ0) is 53.3. The van der Waals surface area contributed by atoms with Gasteiger partial charge in [0.2, 0.25) is 11.8 Å². The van der Waals surface area contributed by atoms with Crippen LogP contribution in [0.25, 0.3) is 21.6 Å². The lowest BCUT2D eigenvalue weighted by atomic mass is 9.91. The van der Waals surface area contributed by atoms with E-state index in [1.54, 1.807) is 17.4 Å². The molecule has 3 aromatic carbocycles. The molecule has 17 heteroatoms. The number of likely N-dealkylation sites (tertiary alicyclic amines) is 1. The molecule has 5 heterocycles. The Balaban J connectivity index is 0.843. The molecule has 3 amide bonds. The first-order chi connectivity index (χ1) is 36.1. The maximum atomic E-state index is 14.2. The van der Waals surface area contributed by atoms with E-state index in [1.165, 1.54) is 4.90 Å². The Bertz CT molecular complexity index is 2980. The molecule has 3 aromatic heterocycles. The maximum absolute atomic E-state index is 14.2. The lowest BCUT2D eigenvalue weighted by molar-refractivity contribution is -0.141. The molecule has 2 aliphatic heterocycles. The van der Waals surface area contributed by atoms with Gasteiger partial charge in [-0.15, -0.1) is 11.3 Å². The summed E-state index contributed by atoms with van der Waals surface area (Å²) in [4.78, 5) is 66.9. The highest BCUT2D eigenvalue weighted by atomic mass is 32.1. The van der Waals surface area contributed by atoms with Gasteiger partial charge < -0.3 is 49.3 Å². The average Bonchev–Trinajstić information content (AvgIpc) is 4.15. The van der Waals surface area contributed by atoms with Gasteiger partial charge in [-0.05, 0) is 142 Å². The summed E-state index contributed by atoms with van der Waals surface area (Å²) in [7, 11) is 0. The number of aliphatic hydroxyl groups is 1. The summed E-state index contributed by atoms with van der Waals surface area (Å²) in [5, 5.41) is 20.9. The topological polar surface area (TPSA) is 201 Å². The molecule has 6 aromatic rings. The number of aromatic amines is 1. The van der Waals surface area contributed by atoms with Gasteiger partial charge in [0.05, 0.1) is 41.4 Å². The van der Waals surface area contributed by atoms with Crippen molar-refractivity contribution in [2.45, 2.75) is 124 Å². The average molecular weight is 1040 g/mol. The van der Waals surface area contributed by atoms with Gasteiger partial charge >= 0.3 is 0 Å². The van der Waals surface area contributed by atoms with Crippen molar-refractivity contribution in [1.82, 2.24) is 30.7 Å². The number of aliphatic hydroxyl groups excluding tert-OH is 1. The highest BCUT2D eigenvalue weighted by Crippen LogP contribution is 2.36. The predicted molar refractivity (Wildman–Crippen MR) is 290 cm³/mol. The molecule has 2 unspecified atom stereocenters. The Morgan fingerprint density at radius 2 is 1.63 bits per heavy atom. The first-order valence-electron chi connectivity index (χ1n) is 26.2. The number of rotatable bonds is 21. The minimum atomic E-state index is -0.849. The van der Waals surface area contributed by atoms with E-state index < -0.39 is 18.1 Å². The molecule has 16 nitrogen and oxygen atoms in total. The number of thiazole rings is 1. The largest absolute Gasteiger partial charge is 0.494 e. The number of H-pyrrole nitrogens is 1. The van der Waals surface area contributed by atoms with Crippen LogP contribution in [-0.2, 0) is 20.9 Å². The summed E-state index contributed by atoms with van der Waals surface area (Å²) < 4.78 is 23.5.